The summed E-state index contributed by atoms with van der Waals surface area (Å²) < 4.78 is 6.00. The Morgan fingerprint density at radius 2 is 2.16 bits per heavy atom. The summed E-state index contributed by atoms with van der Waals surface area (Å²) in [7, 11) is 0. The molecule has 0 bridgehead atoms. The first-order valence-electron chi connectivity index (χ1n) is 8.58. The molecule has 3 heterocycles. The molecule has 1 aliphatic rings. The van der Waals surface area contributed by atoms with Crippen molar-refractivity contribution >= 4 is 17.0 Å². The molecular formula is C18H22N6O. The van der Waals surface area contributed by atoms with Crippen molar-refractivity contribution in [2.75, 3.05) is 25.0 Å². The molecular weight excluding hydrogens is 316 g/mol. The number of H-pyrrole nitrogens is 1. The molecule has 2 N–H and O–H groups in total. The van der Waals surface area contributed by atoms with Crippen LogP contribution < -0.4 is 5.32 Å². The smallest absolute Gasteiger partial charge is 0.182 e. The van der Waals surface area contributed by atoms with Crippen molar-refractivity contribution in [1.29, 1.82) is 0 Å². The molecule has 7 heteroatoms. The van der Waals surface area contributed by atoms with Crippen molar-refractivity contribution in [3.63, 3.8) is 0 Å². The summed E-state index contributed by atoms with van der Waals surface area (Å²) in [6, 6.07) is 10.7. The van der Waals surface area contributed by atoms with E-state index in [9.17, 15) is 0 Å². The van der Waals surface area contributed by atoms with Crippen LogP contribution in [-0.2, 0) is 11.3 Å². The topological polar surface area (TPSA) is 79.0 Å². The lowest BCUT2D eigenvalue weighted by Gasteiger charge is -2.36. The highest BCUT2D eigenvalue weighted by atomic mass is 16.5. The van der Waals surface area contributed by atoms with Crippen LogP contribution in [0.1, 0.15) is 12.5 Å². The van der Waals surface area contributed by atoms with Crippen LogP contribution in [0.15, 0.2) is 43.0 Å². The van der Waals surface area contributed by atoms with Gasteiger partial charge in [0.05, 0.1) is 25.1 Å². The van der Waals surface area contributed by atoms with Gasteiger partial charge < -0.3 is 15.0 Å². The first kappa shape index (κ1) is 16.0. The number of ether oxygens (including phenoxy) is 1. The Kier molecular flexibility index (Phi) is 4.58. The Labute approximate surface area is 146 Å². The second-order valence-corrected chi connectivity index (χ2v) is 6.39. The zero-order valence-corrected chi connectivity index (χ0v) is 14.2. The summed E-state index contributed by atoms with van der Waals surface area (Å²) in [5.41, 5.74) is 2.82. The maximum absolute atomic E-state index is 6.00. The van der Waals surface area contributed by atoms with E-state index in [1.807, 2.05) is 0 Å². The van der Waals surface area contributed by atoms with E-state index < -0.39 is 0 Å². The molecule has 7 nitrogen and oxygen atoms in total. The molecule has 25 heavy (non-hydrogen) atoms. The molecule has 0 amide bonds. The van der Waals surface area contributed by atoms with Crippen molar-refractivity contribution in [2.45, 2.75) is 25.6 Å². The first-order chi connectivity index (χ1) is 12.3. The SMILES string of the molecule is CC(Nc1ncnc2nc[nH]c12)C1CN(Cc2ccccc2)CCO1. The largest absolute Gasteiger partial charge is 0.373 e. The van der Waals surface area contributed by atoms with Gasteiger partial charge in [-0.1, -0.05) is 30.3 Å². The molecule has 0 aliphatic carbocycles. The fraction of sp³-hybridized carbons (Fsp3) is 0.389. The second kappa shape index (κ2) is 7.16. The second-order valence-electron chi connectivity index (χ2n) is 6.39. The van der Waals surface area contributed by atoms with E-state index in [2.05, 4.69) is 67.4 Å². The quantitative estimate of drug-likeness (QED) is 0.741. The molecule has 2 unspecified atom stereocenters. The van der Waals surface area contributed by atoms with Crippen molar-refractivity contribution in [3.8, 4) is 0 Å². The van der Waals surface area contributed by atoms with Gasteiger partial charge in [-0.05, 0) is 12.5 Å². The van der Waals surface area contributed by atoms with Gasteiger partial charge in [-0.3, -0.25) is 4.90 Å². The number of nitrogens with one attached hydrogen (secondary N) is 2. The Hall–Kier alpha value is -2.51. The third kappa shape index (κ3) is 3.62. The normalized spacial score (nSPS) is 19.8. The van der Waals surface area contributed by atoms with Crippen LogP contribution in [0.4, 0.5) is 5.82 Å². The minimum absolute atomic E-state index is 0.102. The van der Waals surface area contributed by atoms with Crippen LogP contribution in [0.25, 0.3) is 11.2 Å². The fourth-order valence-electron chi connectivity index (χ4n) is 3.20. The average molecular weight is 338 g/mol. The van der Waals surface area contributed by atoms with Gasteiger partial charge >= 0.3 is 0 Å². The van der Waals surface area contributed by atoms with Gasteiger partial charge in [-0.2, -0.15) is 0 Å². The van der Waals surface area contributed by atoms with Gasteiger partial charge in [0.1, 0.15) is 11.8 Å². The average Bonchev–Trinajstić information content (AvgIpc) is 3.13. The van der Waals surface area contributed by atoms with Gasteiger partial charge in [-0.15, -0.1) is 0 Å². The van der Waals surface area contributed by atoms with Crippen LogP contribution in [0, 0.1) is 0 Å². The zero-order chi connectivity index (χ0) is 17.1. The van der Waals surface area contributed by atoms with Crippen LogP contribution in [-0.4, -0.2) is 56.7 Å². The number of aromatic amines is 1. The third-order valence-electron chi connectivity index (χ3n) is 4.57. The van der Waals surface area contributed by atoms with Crippen molar-refractivity contribution < 1.29 is 4.74 Å². The van der Waals surface area contributed by atoms with Crippen molar-refractivity contribution in [1.82, 2.24) is 24.8 Å². The fourth-order valence-corrected chi connectivity index (χ4v) is 3.20. The zero-order valence-electron chi connectivity index (χ0n) is 14.2. The van der Waals surface area contributed by atoms with E-state index in [4.69, 9.17) is 4.74 Å². The van der Waals surface area contributed by atoms with Crippen molar-refractivity contribution in [2.24, 2.45) is 0 Å². The minimum atomic E-state index is 0.102. The lowest BCUT2D eigenvalue weighted by atomic mass is 10.1. The first-order valence-corrected chi connectivity index (χ1v) is 8.58. The standard InChI is InChI=1S/C18H22N6O/c1-13(23-18-16-17(20-11-19-16)21-12-22-18)15-10-24(7-8-25-15)9-14-5-3-2-4-6-14/h2-6,11-13,15H,7-10H2,1H3,(H2,19,20,21,22,23). The molecule has 0 spiro atoms. The number of aromatic nitrogens is 4. The van der Waals surface area contributed by atoms with Gasteiger partial charge in [0, 0.05) is 19.6 Å². The van der Waals surface area contributed by atoms with E-state index in [1.54, 1.807) is 6.33 Å². The molecule has 2 aromatic heterocycles. The number of fused-ring (bicyclic) bond motifs is 1. The van der Waals surface area contributed by atoms with Gasteiger partial charge in [0.15, 0.2) is 11.5 Å². The lowest BCUT2D eigenvalue weighted by Crippen LogP contribution is -2.48. The molecule has 1 fully saturated rings. The van der Waals surface area contributed by atoms with Crippen LogP contribution in [0.5, 0.6) is 0 Å². The van der Waals surface area contributed by atoms with E-state index in [0.29, 0.717) is 5.65 Å². The molecule has 2 atom stereocenters. The van der Waals surface area contributed by atoms with Gasteiger partial charge in [0.25, 0.3) is 0 Å². The number of hydrogen-bond acceptors (Lipinski definition) is 6. The summed E-state index contributed by atoms with van der Waals surface area (Å²) in [4.78, 5) is 18.2. The maximum Gasteiger partial charge on any atom is 0.182 e. The number of anilines is 1. The summed E-state index contributed by atoms with van der Waals surface area (Å²) >= 11 is 0. The molecule has 4 rings (SSSR count). The number of morpholine rings is 1. The Morgan fingerprint density at radius 3 is 3.04 bits per heavy atom. The van der Waals surface area contributed by atoms with Crippen LogP contribution in [0.3, 0.4) is 0 Å². The molecule has 1 saturated heterocycles. The van der Waals surface area contributed by atoms with Crippen LogP contribution >= 0.6 is 0 Å². The lowest BCUT2D eigenvalue weighted by molar-refractivity contribution is -0.0374. The highest BCUT2D eigenvalue weighted by molar-refractivity contribution is 5.82. The highest BCUT2D eigenvalue weighted by Crippen LogP contribution is 2.19. The third-order valence-corrected chi connectivity index (χ3v) is 4.57. The molecule has 1 aromatic carbocycles. The predicted molar refractivity (Wildman–Crippen MR) is 96.2 cm³/mol. The molecule has 1 aliphatic heterocycles. The summed E-state index contributed by atoms with van der Waals surface area (Å²) in [5.74, 6) is 0.763. The van der Waals surface area contributed by atoms with E-state index in [-0.39, 0.29) is 12.1 Å². The van der Waals surface area contributed by atoms with E-state index in [0.717, 1.165) is 37.6 Å². The Balaban J connectivity index is 1.41. The number of nitrogens with zero attached hydrogens (tertiary/aromatic N) is 4. The van der Waals surface area contributed by atoms with Gasteiger partial charge in [-0.25, -0.2) is 15.0 Å². The maximum atomic E-state index is 6.00. The summed E-state index contributed by atoms with van der Waals surface area (Å²) in [6.45, 7) is 5.66. The monoisotopic (exact) mass is 338 g/mol. The van der Waals surface area contributed by atoms with E-state index in [1.165, 1.54) is 11.9 Å². The molecule has 0 saturated carbocycles. The minimum Gasteiger partial charge on any atom is -0.373 e. The molecule has 130 valence electrons. The van der Waals surface area contributed by atoms with Gasteiger partial charge in [0.2, 0.25) is 0 Å². The number of hydrogen-bond donors (Lipinski definition) is 2. The number of benzene rings is 1. The van der Waals surface area contributed by atoms with Crippen molar-refractivity contribution in [3.05, 3.63) is 48.5 Å². The Morgan fingerprint density at radius 1 is 1.28 bits per heavy atom. The number of imidazole rings is 1. The summed E-state index contributed by atoms with van der Waals surface area (Å²) in [5, 5.41) is 3.45. The predicted octanol–water partition coefficient (Wildman–Crippen LogP) is 2.05. The highest BCUT2D eigenvalue weighted by Gasteiger charge is 2.26. The summed E-state index contributed by atoms with van der Waals surface area (Å²) in [6.07, 6.45) is 3.26. The van der Waals surface area contributed by atoms with E-state index >= 15 is 0 Å². The van der Waals surface area contributed by atoms with Crippen LogP contribution in [0.2, 0.25) is 0 Å². The number of rotatable bonds is 5. The molecule has 0 radical (unpaired) electrons. The Bertz CT molecular complexity index is 821. The molecule has 3 aromatic rings.